The third-order valence-corrected chi connectivity index (χ3v) is 4.42. The summed E-state index contributed by atoms with van der Waals surface area (Å²) in [6.07, 6.45) is -1.20. The molecule has 0 aromatic carbocycles. The zero-order valence-electron chi connectivity index (χ0n) is 14.6. The van der Waals surface area contributed by atoms with Crippen LogP contribution in [0.15, 0.2) is 23.3 Å². The van der Waals surface area contributed by atoms with Crippen molar-refractivity contribution in [3.63, 3.8) is 0 Å². The quantitative estimate of drug-likeness (QED) is 0.265. The van der Waals surface area contributed by atoms with Crippen molar-refractivity contribution in [3.05, 3.63) is 23.9 Å². The van der Waals surface area contributed by atoms with Crippen molar-refractivity contribution in [2.75, 3.05) is 33.0 Å². The molecule has 0 aliphatic rings. The Hall–Kier alpha value is -0.910. The molecule has 1 rings (SSSR count). The number of pyridine rings is 1. The summed E-state index contributed by atoms with van der Waals surface area (Å²) in [7, 11) is 1.63. The Morgan fingerprint density at radius 3 is 2.56 bits per heavy atom. The molecule has 0 fully saturated rings. The van der Waals surface area contributed by atoms with E-state index in [9.17, 15) is 13.2 Å². The fourth-order valence-electron chi connectivity index (χ4n) is 1.63. The number of alkyl halides is 3. The molecule has 0 saturated heterocycles. The lowest BCUT2D eigenvalue weighted by Gasteiger charge is -2.23. The van der Waals surface area contributed by atoms with E-state index in [-0.39, 0.29) is 35.3 Å². The summed E-state index contributed by atoms with van der Waals surface area (Å²) >= 11 is 1.72. The van der Waals surface area contributed by atoms with Crippen LogP contribution in [0.4, 0.5) is 13.2 Å². The zero-order chi connectivity index (χ0) is 18.2. The number of aromatic nitrogens is 1. The van der Waals surface area contributed by atoms with Gasteiger partial charge >= 0.3 is 6.18 Å². The van der Waals surface area contributed by atoms with Gasteiger partial charge in [0, 0.05) is 24.5 Å². The Labute approximate surface area is 167 Å². The van der Waals surface area contributed by atoms with Crippen molar-refractivity contribution in [3.8, 4) is 5.88 Å². The van der Waals surface area contributed by atoms with E-state index in [1.165, 1.54) is 12.3 Å². The van der Waals surface area contributed by atoms with Gasteiger partial charge in [-0.3, -0.25) is 4.99 Å². The van der Waals surface area contributed by atoms with Crippen LogP contribution in [0.3, 0.4) is 0 Å². The van der Waals surface area contributed by atoms with E-state index in [1.54, 1.807) is 18.8 Å². The van der Waals surface area contributed by atoms with E-state index in [2.05, 4.69) is 34.5 Å². The second kappa shape index (κ2) is 10.9. The van der Waals surface area contributed by atoms with Crippen molar-refractivity contribution in [2.45, 2.75) is 24.8 Å². The van der Waals surface area contributed by atoms with Crippen LogP contribution in [0.25, 0.3) is 0 Å². The monoisotopic (exact) mass is 492 g/mol. The Morgan fingerprint density at radius 2 is 2.00 bits per heavy atom. The average Bonchev–Trinajstić information content (AvgIpc) is 2.53. The lowest BCUT2D eigenvalue weighted by molar-refractivity contribution is -0.139. The second-order valence-electron chi connectivity index (χ2n) is 5.52. The number of halogens is 4. The topological polar surface area (TPSA) is 58.5 Å². The first-order chi connectivity index (χ1) is 11.2. The van der Waals surface area contributed by atoms with Crippen LogP contribution in [0.1, 0.15) is 19.4 Å². The van der Waals surface area contributed by atoms with Gasteiger partial charge in [-0.1, -0.05) is 0 Å². The Balaban J connectivity index is 0.00000576. The number of nitrogens with zero attached hydrogens (tertiary/aromatic N) is 2. The predicted octanol–water partition coefficient (Wildman–Crippen LogP) is 3.40. The van der Waals surface area contributed by atoms with Gasteiger partial charge in [-0.05, 0) is 32.2 Å². The van der Waals surface area contributed by atoms with Gasteiger partial charge in [0.05, 0.1) is 6.54 Å². The molecule has 10 heteroatoms. The average molecular weight is 492 g/mol. The normalized spacial score (nSPS) is 12.4. The van der Waals surface area contributed by atoms with E-state index < -0.39 is 17.6 Å². The molecule has 5 nitrogen and oxygen atoms in total. The smallest absolute Gasteiger partial charge is 0.421 e. The molecule has 0 atom stereocenters. The van der Waals surface area contributed by atoms with Crippen LogP contribution in [-0.4, -0.2) is 48.7 Å². The number of guanidine groups is 1. The molecule has 144 valence electrons. The highest BCUT2D eigenvalue weighted by atomic mass is 127. The molecule has 0 radical (unpaired) electrons. The predicted molar refractivity (Wildman–Crippen MR) is 107 cm³/mol. The number of rotatable bonds is 7. The van der Waals surface area contributed by atoms with E-state index >= 15 is 0 Å². The molecule has 25 heavy (non-hydrogen) atoms. The summed E-state index contributed by atoms with van der Waals surface area (Å²) < 4.78 is 43.6. The second-order valence-corrected chi connectivity index (χ2v) is 7.03. The molecule has 0 bridgehead atoms. The van der Waals surface area contributed by atoms with Crippen LogP contribution in [-0.2, 0) is 6.18 Å². The third-order valence-electron chi connectivity index (χ3n) is 3.17. The molecule has 1 aromatic rings. The Morgan fingerprint density at radius 1 is 1.32 bits per heavy atom. The minimum atomic E-state index is -4.49. The SMILES string of the molecule is CN=C(NCCOc1ncccc1C(F)(F)F)NCC(C)(C)SC.I. The maximum absolute atomic E-state index is 12.8. The fourth-order valence-corrected chi connectivity index (χ4v) is 1.84. The summed E-state index contributed by atoms with van der Waals surface area (Å²) in [5.41, 5.74) is -0.880. The zero-order valence-corrected chi connectivity index (χ0v) is 17.8. The van der Waals surface area contributed by atoms with Crippen molar-refractivity contribution in [1.82, 2.24) is 15.6 Å². The molecule has 0 spiro atoms. The third kappa shape index (κ3) is 8.84. The number of thioether (sulfide) groups is 1. The molecule has 1 heterocycles. The van der Waals surface area contributed by atoms with Crippen LogP contribution < -0.4 is 15.4 Å². The number of hydrogen-bond acceptors (Lipinski definition) is 4. The largest absolute Gasteiger partial charge is 0.475 e. The molecule has 0 saturated carbocycles. The summed E-state index contributed by atoms with van der Waals surface area (Å²) in [5, 5.41) is 6.15. The van der Waals surface area contributed by atoms with Crippen molar-refractivity contribution < 1.29 is 17.9 Å². The van der Waals surface area contributed by atoms with Crippen LogP contribution in [0.2, 0.25) is 0 Å². The van der Waals surface area contributed by atoms with Gasteiger partial charge in [-0.15, -0.1) is 24.0 Å². The van der Waals surface area contributed by atoms with Crippen molar-refractivity contribution in [1.29, 1.82) is 0 Å². The molecule has 0 aliphatic carbocycles. The molecule has 0 amide bonds. The molecule has 0 aliphatic heterocycles. The lowest BCUT2D eigenvalue weighted by Crippen LogP contribution is -2.44. The van der Waals surface area contributed by atoms with E-state index in [0.29, 0.717) is 19.0 Å². The van der Waals surface area contributed by atoms with Crippen LogP contribution in [0, 0.1) is 0 Å². The van der Waals surface area contributed by atoms with Crippen molar-refractivity contribution in [2.24, 2.45) is 4.99 Å². The maximum Gasteiger partial charge on any atom is 0.421 e. The molecular weight excluding hydrogens is 468 g/mol. The fraction of sp³-hybridized carbons (Fsp3) is 0.600. The van der Waals surface area contributed by atoms with Gasteiger partial charge in [0.15, 0.2) is 5.96 Å². The highest BCUT2D eigenvalue weighted by molar-refractivity contribution is 14.0. The van der Waals surface area contributed by atoms with Crippen molar-refractivity contribution >= 4 is 41.7 Å². The minimum Gasteiger partial charge on any atom is -0.475 e. The summed E-state index contributed by atoms with van der Waals surface area (Å²) in [4.78, 5) is 7.70. The van der Waals surface area contributed by atoms with Gasteiger partial charge < -0.3 is 15.4 Å². The first-order valence-corrected chi connectivity index (χ1v) is 8.57. The van der Waals surface area contributed by atoms with Crippen LogP contribution >= 0.6 is 35.7 Å². The van der Waals surface area contributed by atoms with E-state index in [1.807, 2.05) is 6.26 Å². The number of aliphatic imine (C=N–C) groups is 1. The van der Waals surface area contributed by atoms with Gasteiger partial charge in [0.2, 0.25) is 5.88 Å². The van der Waals surface area contributed by atoms with Gasteiger partial charge in [-0.2, -0.15) is 24.9 Å². The summed E-state index contributed by atoms with van der Waals surface area (Å²) in [5.74, 6) is 0.149. The van der Waals surface area contributed by atoms with E-state index in [0.717, 1.165) is 6.07 Å². The lowest BCUT2D eigenvalue weighted by atomic mass is 10.2. The number of nitrogens with one attached hydrogen (secondary N) is 2. The van der Waals surface area contributed by atoms with Gasteiger partial charge in [0.25, 0.3) is 0 Å². The molecule has 1 aromatic heterocycles. The highest BCUT2D eigenvalue weighted by Gasteiger charge is 2.34. The number of ether oxygens (including phenoxy) is 1. The van der Waals surface area contributed by atoms with Crippen LogP contribution in [0.5, 0.6) is 5.88 Å². The van der Waals surface area contributed by atoms with Gasteiger partial charge in [-0.25, -0.2) is 4.98 Å². The molecular formula is C15H24F3IN4OS. The Bertz CT molecular complexity index is 556. The number of hydrogen-bond donors (Lipinski definition) is 2. The van der Waals surface area contributed by atoms with E-state index in [4.69, 9.17) is 4.74 Å². The molecule has 2 N–H and O–H groups in total. The summed E-state index contributed by atoms with van der Waals surface area (Å²) in [6, 6.07) is 2.17. The molecule has 0 unspecified atom stereocenters. The highest BCUT2D eigenvalue weighted by Crippen LogP contribution is 2.34. The summed E-state index contributed by atoms with van der Waals surface area (Å²) in [6.45, 7) is 5.23. The minimum absolute atomic E-state index is 0. The standard InChI is InChI=1S/C15H23F3N4OS.HI/c1-14(2,24-4)10-22-13(19-3)21-8-9-23-12-11(15(16,17)18)6-5-7-20-12;/h5-7H,8-10H2,1-4H3,(H2,19,21,22);1H. The first-order valence-electron chi connectivity index (χ1n) is 7.34. The maximum atomic E-state index is 12.8. The van der Waals surface area contributed by atoms with Gasteiger partial charge in [0.1, 0.15) is 12.2 Å². The first kappa shape index (κ1) is 24.1. The Kier molecular flexibility index (Phi) is 10.5.